The summed E-state index contributed by atoms with van der Waals surface area (Å²) < 4.78 is 30.8. The summed E-state index contributed by atoms with van der Waals surface area (Å²) in [6.45, 7) is 2.36. The summed E-state index contributed by atoms with van der Waals surface area (Å²) in [4.78, 5) is 22.7. The molecule has 21 heavy (non-hydrogen) atoms. The number of aromatic carboxylic acids is 1. The molecule has 0 spiro atoms. The van der Waals surface area contributed by atoms with Crippen molar-refractivity contribution in [2.24, 2.45) is 0 Å². The van der Waals surface area contributed by atoms with E-state index in [0.717, 1.165) is 16.4 Å². The van der Waals surface area contributed by atoms with Crippen molar-refractivity contribution >= 4 is 21.9 Å². The molecule has 1 saturated heterocycles. The molecule has 0 aromatic carbocycles. The van der Waals surface area contributed by atoms with Crippen LogP contribution >= 0.6 is 0 Å². The largest absolute Gasteiger partial charge is 0.475 e. The van der Waals surface area contributed by atoms with Crippen LogP contribution in [0.5, 0.6) is 0 Å². The van der Waals surface area contributed by atoms with Gasteiger partial charge in [-0.2, -0.15) is 4.31 Å². The van der Waals surface area contributed by atoms with Gasteiger partial charge in [-0.3, -0.25) is 4.79 Å². The summed E-state index contributed by atoms with van der Waals surface area (Å²) >= 11 is 0. The maximum Gasteiger partial charge on any atom is 0.371 e. The number of nitrogens with one attached hydrogen (secondary N) is 1. The van der Waals surface area contributed by atoms with Gasteiger partial charge in [-0.1, -0.05) is 0 Å². The summed E-state index contributed by atoms with van der Waals surface area (Å²) in [5, 5.41) is 10.9. The van der Waals surface area contributed by atoms with Crippen LogP contribution in [0.2, 0.25) is 0 Å². The van der Waals surface area contributed by atoms with Crippen LogP contribution in [-0.2, 0) is 14.8 Å². The third-order valence-electron chi connectivity index (χ3n) is 3.21. The van der Waals surface area contributed by atoms with Crippen LogP contribution in [0.15, 0.2) is 21.6 Å². The first kappa shape index (κ1) is 15.5. The van der Waals surface area contributed by atoms with Crippen molar-refractivity contribution in [1.29, 1.82) is 0 Å². The van der Waals surface area contributed by atoms with Gasteiger partial charge in [0.05, 0.1) is 0 Å². The van der Waals surface area contributed by atoms with E-state index in [1.54, 1.807) is 6.92 Å². The lowest BCUT2D eigenvalue weighted by Crippen LogP contribution is -2.45. The molecule has 1 aliphatic rings. The molecule has 0 radical (unpaired) electrons. The molecule has 1 aliphatic heterocycles. The predicted molar refractivity (Wildman–Crippen MR) is 71.3 cm³/mol. The van der Waals surface area contributed by atoms with Gasteiger partial charge in [-0.15, -0.1) is 0 Å². The van der Waals surface area contributed by atoms with E-state index in [1.807, 2.05) is 0 Å². The van der Waals surface area contributed by atoms with Gasteiger partial charge in [0, 0.05) is 13.1 Å². The molecule has 9 heteroatoms. The second kappa shape index (κ2) is 5.86. The number of furan rings is 1. The van der Waals surface area contributed by atoms with Crippen molar-refractivity contribution in [2.45, 2.75) is 30.9 Å². The zero-order valence-electron chi connectivity index (χ0n) is 11.4. The van der Waals surface area contributed by atoms with Gasteiger partial charge in [0.1, 0.15) is 6.04 Å². The molecule has 2 N–H and O–H groups in total. The molecule has 0 aliphatic carbocycles. The monoisotopic (exact) mass is 316 g/mol. The van der Waals surface area contributed by atoms with E-state index in [-0.39, 0.29) is 12.5 Å². The Balaban J connectivity index is 2.29. The van der Waals surface area contributed by atoms with Crippen LogP contribution in [0.3, 0.4) is 0 Å². The van der Waals surface area contributed by atoms with Gasteiger partial charge in [-0.25, -0.2) is 13.2 Å². The number of sulfonamides is 1. The number of hydrogen-bond acceptors (Lipinski definition) is 5. The van der Waals surface area contributed by atoms with Crippen LogP contribution in [0.4, 0.5) is 0 Å². The minimum absolute atomic E-state index is 0.202. The van der Waals surface area contributed by atoms with E-state index in [1.165, 1.54) is 0 Å². The Bertz CT molecular complexity index is 650. The van der Waals surface area contributed by atoms with E-state index in [9.17, 15) is 18.0 Å². The highest BCUT2D eigenvalue weighted by Gasteiger charge is 2.40. The fourth-order valence-electron chi connectivity index (χ4n) is 2.27. The van der Waals surface area contributed by atoms with Crippen molar-refractivity contribution in [3.05, 3.63) is 17.9 Å². The molecule has 2 rings (SSSR count). The van der Waals surface area contributed by atoms with Crippen LogP contribution in [0.1, 0.15) is 30.3 Å². The average molecular weight is 316 g/mol. The standard InChI is InChI=1S/C12H16N2O6S/c1-2-13-11(15)8-4-3-7-14(8)21(18,19)10-6-5-9(20-10)12(16)17/h5-6,8H,2-4,7H2,1H3,(H,13,15)(H,16,17). The molecule has 1 atom stereocenters. The highest BCUT2D eigenvalue weighted by molar-refractivity contribution is 7.89. The van der Waals surface area contributed by atoms with Gasteiger partial charge in [-0.05, 0) is 31.9 Å². The first-order chi connectivity index (χ1) is 9.87. The molecular formula is C12H16N2O6S. The number of likely N-dealkylation sites (N-methyl/N-ethyl adjacent to an activating group) is 1. The van der Waals surface area contributed by atoms with Crippen molar-refractivity contribution < 1.29 is 27.5 Å². The van der Waals surface area contributed by atoms with Gasteiger partial charge in [0.25, 0.3) is 10.0 Å². The predicted octanol–water partition coefficient (Wildman–Crippen LogP) is 0.267. The lowest BCUT2D eigenvalue weighted by molar-refractivity contribution is -0.124. The molecule has 1 aromatic heterocycles. The highest BCUT2D eigenvalue weighted by Crippen LogP contribution is 2.27. The summed E-state index contributed by atoms with van der Waals surface area (Å²) in [7, 11) is -4.02. The van der Waals surface area contributed by atoms with Crippen LogP contribution in [0.25, 0.3) is 0 Å². The maximum atomic E-state index is 12.4. The second-order valence-corrected chi connectivity index (χ2v) is 6.41. The second-order valence-electron chi connectivity index (χ2n) is 4.59. The number of carboxylic acids is 1. The van der Waals surface area contributed by atoms with Gasteiger partial charge in [0.15, 0.2) is 0 Å². The molecule has 0 saturated carbocycles. The summed E-state index contributed by atoms with van der Waals surface area (Å²) in [5.41, 5.74) is 0. The summed E-state index contributed by atoms with van der Waals surface area (Å²) in [6.07, 6.45) is 0.991. The zero-order valence-corrected chi connectivity index (χ0v) is 12.2. The van der Waals surface area contributed by atoms with E-state index < -0.39 is 32.9 Å². The number of nitrogens with zero attached hydrogens (tertiary/aromatic N) is 1. The fraction of sp³-hybridized carbons (Fsp3) is 0.500. The zero-order chi connectivity index (χ0) is 15.6. The van der Waals surface area contributed by atoms with Gasteiger partial charge in [0.2, 0.25) is 16.8 Å². The average Bonchev–Trinajstić information content (AvgIpc) is 3.09. The quantitative estimate of drug-likeness (QED) is 0.805. The lowest BCUT2D eigenvalue weighted by atomic mass is 10.2. The highest BCUT2D eigenvalue weighted by atomic mass is 32.2. The molecule has 8 nitrogen and oxygen atoms in total. The lowest BCUT2D eigenvalue weighted by Gasteiger charge is -2.21. The maximum absolute atomic E-state index is 12.4. The molecule has 2 heterocycles. The Morgan fingerprint density at radius 3 is 2.76 bits per heavy atom. The minimum atomic E-state index is -4.02. The minimum Gasteiger partial charge on any atom is -0.475 e. The molecule has 1 aromatic rings. The third kappa shape index (κ3) is 2.93. The van der Waals surface area contributed by atoms with E-state index in [0.29, 0.717) is 19.4 Å². The molecule has 1 amide bonds. The van der Waals surface area contributed by atoms with Crippen LogP contribution in [-0.4, -0.2) is 48.8 Å². The number of hydrogen-bond donors (Lipinski definition) is 2. The Morgan fingerprint density at radius 1 is 1.48 bits per heavy atom. The first-order valence-electron chi connectivity index (χ1n) is 6.50. The molecule has 0 bridgehead atoms. The van der Waals surface area contributed by atoms with E-state index >= 15 is 0 Å². The van der Waals surface area contributed by atoms with Gasteiger partial charge >= 0.3 is 5.97 Å². The number of carboxylic acid groups (broad SMARTS) is 1. The number of carbonyl (C=O) groups is 2. The Hall–Kier alpha value is -1.87. The van der Waals surface area contributed by atoms with Crippen LogP contribution < -0.4 is 5.32 Å². The molecule has 1 unspecified atom stereocenters. The SMILES string of the molecule is CCNC(=O)C1CCCN1S(=O)(=O)c1ccc(C(=O)O)o1. The molecule has 116 valence electrons. The normalized spacial score (nSPS) is 19.6. The Morgan fingerprint density at radius 2 is 2.19 bits per heavy atom. The van der Waals surface area contributed by atoms with E-state index in [2.05, 4.69) is 5.32 Å². The summed E-state index contributed by atoms with van der Waals surface area (Å²) in [6, 6.07) is 1.38. The van der Waals surface area contributed by atoms with Crippen molar-refractivity contribution in [3.63, 3.8) is 0 Å². The molecular weight excluding hydrogens is 300 g/mol. The van der Waals surface area contributed by atoms with Crippen molar-refractivity contribution in [1.82, 2.24) is 9.62 Å². The number of carbonyl (C=O) groups excluding carboxylic acids is 1. The summed E-state index contributed by atoms with van der Waals surface area (Å²) in [5.74, 6) is -2.16. The van der Waals surface area contributed by atoms with Gasteiger partial charge < -0.3 is 14.8 Å². The number of rotatable bonds is 5. The van der Waals surface area contributed by atoms with Crippen molar-refractivity contribution in [2.75, 3.05) is 13.1 Å². The van der Waals surface area contributed by atoms with E-state index in [4.69, 9.17) is 9.52 Å². The Labute approximate surface area is 121 Å². The third-order valence-corrected chi connectivity index (χ3v) is 4.99. The van der Waals surface area contributed by atoms with Crippen LogP contribution in [0, 0.1) is 0 Å². The fourth-order valence-corrected chi connectivity index (χ4v) is 3.84. The Kier molecular flexibility index (Phi) is 4.33. The number of amides is 1. The first-order valence-corrected chi connectivity index (χ1v) is 7.94. The molecule has 1 fully saturated rings. The topological polar surface area (TPSA) is 117 Å². The van der Waals surface area contributed by atoms with Crippen molar-refractivity contribution in [3.8, 4) is 0 Å². The smallest absolute Gasteiger partial charge is 0.371 e.